The molecule has 17 heteroatoms. The molecule has 0 radical (unpaired) electrons. The van der Waals surface area contributed by atoms with Gasteiger partial charge in [-0.25, -0.2) is 14.8 Å². The van der Waals surface area contributed by atoms with Crippen LogP contribution in [0.1, 0.15) is 33.6 Å². The average molecular weight is 743 g/mol. The van der Waals surface area contributed by atoms with Gasteiger partial charge in [0.15, 0.2) is 11.6 Å². The number of aliphatic imine (C=N–C) groups is 2. The Kier molecular flexibility index (Phi) is 9.61. The Morgan fingerprint density at radius 2 is 0.981 bits per heavy atom. The number of urea groups is 1. The molecule has 2 unspecified atom stereocenters. The van der Waals surface area contributed by atoms with Crippen molar-refractivity contribution in [2.45, 2.75) is 12.8 Å². The molecule has 15 nitrogen and oxygen atoms in total. The lowest BCUT2D eigenvalue weighted by molar-refractivity contribution is -0.118. The van der Waals surface area contributed by atoms with Crippen LogP contribution in [0.4, 0.5) is 16.2 Å². The molecule has 2 aromatic rings. The normalized spacial score (nSPS) is 21.3. The largest absolute Gasteiger partial charge is 0.323 e. The average Bonchev–Trinajstić information content (AvgIpc) is 3.10. The number of Topliss-reactive ketones (excluding diaryl/α,β-unsaturated/α-hetero) is 2. The first-order valence-corrected chi connectivity index (χ1v) is 18.2. The molecule has 4 N–H and O–H groups in total. The number of anilines is 2. The number of rotatable bonds is 6. The van der Waals surface area contributed by atoms with E-state index >= 15 is 0 Å². The van der Waals surface area contributed by atoms with E-state index in [1.807, 2.05) is 0 Å². The van der Waals surface area contributed by atoms with Gasteiger partial charge in [0.1, 0.15) is 9.81 Å². The molecule has 2 aromatic carbocycles. The molecule has 0 saturated carbocycles. The van der Waals surface area contributed by atoms with E-state index in [0.29, 0.717) is 11.1 Å². The summed E-state index contributed by atoms with van der Waals surface area (Å²) in [5, 5.41) is 5.16. The van der Waals surface area contributed by atoms with Crippen molar-refractivity contribution < 1.29 is 49.9 Å². The number of ketones is 2. The van der Waals surface area contributed by atoms with Crippen LogP contribution in [-0.4, -0.2) is 66.8 Å². The Balaban J connectivity index is 1.11. The van der Waals surface area contributed by atoms with Crippen molar-refractivity contribution in [2.24, 2.45) is 21.8 Å². The van der Waals surface area contributed by atoms with E-state index in [-0.39, 0.29) is 46.8 Å². The highest BCUT2D eigenvalue weighted by atomic mass is 32.2. The SMILES string of the molecule is O=C(Nc1ccc(C(=O)N=C2C=C(S(=O)(=O)O)C(=O)C3CC=CC=C23)cc1)Nc1ccc(C(=O)N=C2C=C(S(=O)(=O)O)C(=O)C3CC=CC=C23)cc1. The lowest BCUT2D eigenvalue weighted by Crippen LogP contribution is -2.32. The molecule has 264 valence electrons. The summed E-state index contributed by atoms with van der Waals surface area (Å²) in [5.41, 5.74) is 1.28. The van der Waals surface area contributed by atoms with Crippen LogP contribution in [-0.2, 0) is 29.8 Å². The van der Waals surface area contributed by atoms with Gasteiger partial charge in [0.2, 0.25) is 0 Å². The number of hydrogen-bond donors (Lipinski definition) is 4. The number of allylic oxidation sites excluding steroid dienone is 12. The molecule has 0 heterocycles. The Bertz CT molecular complexity index is 2260. The number of amides is 4. The van der Waals surface area contributed by atoms with E-state index in [2.05, 4.69) is 20.6 Å². The van der Waals surface area contributed by atoms with Gasteiger partial charge in [0.25, 0.3) is 32.1 Å². The van der Waals surface area contributed by atoms with Crippen LogP contribution < -0.4 is 10.6 Å². The summed E-state index contributed by atoms with van der Waals surface area (Å²) in [6.45, 7) is 0. The molecule has 4 amide bonds. The minimum absolute atomic E-state index is 0.0745. The summed E-state index contributed by atoms with van der Waals surface area (Å²) < 4.78 is 66.3. The summed E-state index contributed by atoms with van der Waals surface area (Å²) in [4.78, 5) is 70.2. The summed E-state index contributed by atoms with van der Waals surface area (Å²) >= 11 is 0. The van der Waals surface area contributed by atoms with E-state index in [9.17, 15) is 49.9 Å². The number of nitrogens with zero attached hydrogens (tertiary/aromatic N) is 2. The van der Waals surface area contributed by atoms with Gasteiger partial charge >= 0.3 is 6.03 Å². The van der Waals surface area contributed by atoms with Gasteiger partial charge in [-0.05, 0) is 84.7 Å². The molecule has 52 heavy (non-hydrogen) atoms. The zero-order valence-corrected chi connectivity index (χ0v) is 28.2. The van der Waals surface area contributed by atoms with Gasteiger partial charge in [-0.3, -0.25) is 28.3 Å². The van der Waals surface area contributed by atoms with Gasteiger partial charge in [-0.2, -0.15) is 16.8 Å². The molecule has 0 bridgehead atoms. The highest BCUT2D eigenvalue weighted by Crippen LogP contribution is 2.34. The molecule has 6 rings (SSSR count). The maximum absolute atomic E-state index is 13.0. The first-order chi connectivity index (χ1) is 24.6. The summed E-state index contributed by atoms with van der Waals surface area (Å²) in [7, 11) is -9.72. The van der Waals surface area contributed by atoms with Gasteiger partial charge in [0.05, 0.1) is 23.3 Å². The molecule has 4 aliphatic rings. The monoisotopic (exact) mass is 742 g/mol. The second-order valence-corrected chi connectivity index (χ2v) is 14.5. The van der Waals surface area contributed by atoms with Crippen LogP contribution in [0.15, 0.2) is 128 Å². The fourth-order valence-electron chi connectivity index (χ4n) is 5.81. The van der Waals surface area contributed by atoms with Crippen molar-refractivity contribution in [3.63, 3.8) is 0 Å². The molecule has 0 aliphatic heterocycles. The summed E-state index contributed by atoms with van der Waals surface area (Å²) in [5.74, 6) is -4.94. The number of carbonyl (C=O) groups excluding carboxylic acids is 5. The van der Waals surface area contributed by atoms with E-state index < -0.39 is 71.3 Å². The lowest BCUT2D eigenvalue weighted by Gasteiger charge is -2.25. The molecular formula is C35H26N4O11S2. The van der Waals surface area contributed by atoms with Crippen LogP contribution in [0, 0.1) is 11.8 Å². The fraction of sp³-hybridized carbons (Fsp3) is 0.114. The van der Waals surface area contributed by atoms with E-state index in [4.69, 9.17) is 0 Å². The Labute approximate surface area is 296 Å². The summed E-state index contributed by atoms with van der Waals surface area (Å²) in [6, 6.07) is 10.5. The molecular weight excluding hydrogens is 717 g/mol. The number of benzene rings is 2. The van der Waals surface area contributed by atoms with Gasteiger partial charge in [0, 0.05) is 22.5 Å². The lowest BCUT2D eigenvalue weighted by atomic mass is 9.81. The first-order valence-electron chi connectivity index (χ1n) is 15.4. The van der Waals surface area contributed by atoms with Crippen molar-refractivity contribution in [2.75, 3.05) is 10.6 Å². The minimum Gasteiger partial charge on any atom is -0.308 e. The number of fused-ring (bicyclic) bond motifs is 2. The quantitative estimate of drug-likeness (QED) is 0.306. The number of hydrogen-bond acceptors (Lipinski definition) is 9. The zero-order valence-electron chi connectivity index (χ0n) is 26.6. The van der Waals surface area contributed by atoms with Crippen LogP contribution >= 0.6 is 0 Å². The van der Waals surface area contributed by atoms with Crippen molar-refractivity contribution in [3.05, 3.63) is 129 Å². The predicted molar refractivity (Wildman–Crippen MR) is 189 cm³/mol. The van der Waals surface area contributed by atoms with E-state index in [1.54, 1.807) is 36.5 Å². The molecule has 2 atom stereocenters. The van der Waals surface area contributed by atoms with Gasteiger partial charge in [-0.1, -0.05) is 36.5 Å². The van der Waals surface area contributed by atoms with Crippen LogP contribution in [0.5, 0.6) is 0 Å². The third kappa shape index (κ3) is 7.52. The Morgan fingerprint density at radius 1 is 0.615 bits per heavy atom. The van der Waals surface area contributed by atoms with Crippen molar-refractivity contribution >= 4 is 72.4 Å². The van der Waals surface area contributed by atoms with E-state index in [0.717, 1.165) is 12.2 Å². The van der Waals surface area contributed by atoms with Gasteiger partial charge in [-0.15, -0.1) is 0 Å². The number of carbonyl (C=O) groups is 5. The van der Waals surface area contributed by atoms with Crippen molar-refractivity contribution in [1.29, 1.82) is 0 Å². The molecule has 0 saturated heterocycles. The first kappa shape index (κ1) is 35.8. The van der Waals surface area contributed by atoms with Crippen LogP contribution in [0.3, 0.4) is 0 Å². The smallest absolute Gasteiger partial charge is 0.308 e. The van der Waals surface area contributed by atoms with E-state index in [1.165, 1.54) is 48.5 Å². The van der Waals surface area contributed by atoms with Crippen LogP contribution in [0.25, 0.3) is 0 Å². The van der Waals surface area contributed by atoms with Gasteiger partial charge < -0.3 is 10.6 Å². The predicted octanol–water partition coefficient (Wildman–Crippen LogP) is 4.21. The highest BCUT2D eigenvalue weighted by molar-refractivity contribution is 7.91. The van der Waals surface area contributed by atoms with Crippen molar-refractivity contribution in [3.8, 4) is 0 Å². The Hall–Kier alpha value is -6.01. The fourth-order valence-corrected chi connectivity index (χ4v) is 7.13. The molecule has 4 aliphatic carbocycles. The minimum atomic E-state index is -4.86. The highest BCUT2D eigenvalue weighted by Gasteiger charge is 2.39. The Morgan fingerprint density at radius 3 is 1.33 bits per heavy atom. The second kappa shape index (κ2) is 14.0. The maximum Gasteiger partial charge on any atom is 0.323 e. The molecule has 0 spiro atoms. The summed E-state index contributed by atoms with van der Waals surface area (Å²) in [6.07, 6.45) is 11.8. The topological polar surface area (TPSA) is 243 Å². The second-order valence-electron chi connectivity index (χ2n) is 11.7. The third-order valence-electron chi connectivity index (χ3n) is 8.34. The number of nitrogens with one attached hydrogen (secondary N) is 2. The third-order valence-corrected chi connectivity index (χ3v) is 10.1. The molecule has 0 aromatic heterocycles. The maximum atomic E-state index is 13.0. The van der Waals surface area contributed by atoms with Crippen LogP contribution in [0.2, 0.25) is 0 Å². The zero-order chi connectivity index (χ0) is 37.4. The molecule has 0 fully saturated rings. The van der Waals surface area contributed by atoms with Crippen molar-refractivity contribution in [1.82, 2.24) is 0 Å². The standard InChI is InChI=1S/C35H26N4O11S2/c40-31-25-7-3-1-5-23(25)27(17-29(31)51(45,46)47)38-33(42)19-9-13-21(14-10-19)36-35(44)37-22-15-11-20(12-16-22)34(43)39-28-18-30(52(48,49)50)32(41)26-8-4-2-6-24(26)28/h1-6,9-18,25-26H,7-8H2,(H2,36,37,44)(H,45,46,47)(H,48,49,50).